The Morgan fingerprint density at radius 3 is 1.80 bits per heavy atom. The SMILES string of the molecule is O=[N][Fe]=[O].[NaH]. The zero-order chi connectivity index (χ0) is 3.41. The Hall–Kier alpha value is 0.919. The molecular weight excluding hydrogens is 125 g/mol. The summed E-state index contributed by atoms with van der Waals surface area (Å²) in [5.74, 6) is 0. The van der Waals surface area contributed by atoms with Gasteiger partial charge in [0.2, 0.25) is 0 Å². The monoisotopic (exact) mass is 126 g/mol. The molecule has 0 unspecified atom stereocenters. The first-order valence-corrected chi connectivity index (χ1v) is 1.43. The van der Waals surface area contributed by atoms with Crippen LogP contribution in [0, 0.1) is 4.91 Å². The van der Waals surface area contributed by atoms with E-state index in [4.69, 9.17) is 8.74 Å². The summed E-state index contributed by atoms with van der Waals surface area (Å²) in [5.41, 5.74) is 0. The van der Waals surface area contributed by atoms with Crippen LogP contribution in [0.4, 0.5) is 0 Å². The van der Waals surface area contributed by atoms with Gasteiger partial charge in [0.1, 0.15) is 0 Å². The van der Waals surface area contributed by atoms with Gasteiger partial charge in [0.15, 0.2) is 0 Å². The van der Waals surface area contributed by atoms with Crippen LogP contribution in [0.25, 0.3) is 0 Å². The van der Waals surface area contributed by atoms with Crippen molar-refractivity contribution in [3.63, 3.8) is 0 Å². The molecule has 0 spiro atoms. The van der Waals surface area contributed by atoms with Crippen LogP contribution in [0.1, 0.15) is 0 Å². The predicted molar refractivity (Wildman–Crippen MR) is 13.6 cm³/mol. The van der Waals surface area contributed by atoms with Crippen LogP contribution in [-0.4, -0.2) is 29.6 Å². The minimum absolute atomic E-state index is 0. The Labute approximate surface area is 57.3 Å². The molecule has 0 N–H and O–H groups in total. The maximum atomic E-state index is 8.82. The molecule has 0 saturated heterocycles. The molecule has 5 heteroatoms. The summed E-state index contributed by atoms with van der Waals surface area (Å²) < 4.78 is 10.8. The molecule has 3 nitrogen and oxygen atoms in total. The number of hydrogen-bond acceptors (Lipinski definition) is 2. The molecular formula is HFeNNaO2. The third kappa shape index (κ3) is 11.4. The van der Waals surface area contributed by atoms with E-state index in [0.29, 0.717) is 0 Å². The third-order valence-corrected chi connectivity index (χ3v) is 0.109. The van der Waals surface area contributed by atoms with Crippen molar-refractivity contribution in [2.75, 3.05) is 0 Å². The fourth-order valence-electron chi connectivity index (χ4n) is 0. The summed E-state index contributed by atoms with van der Waals surface area (Å²) in [6.07, 6.45) is 0. The quantitative estimate of drug-likeness (QED) is 0.349. The van der Waals surface area contributed by atoms with Crippen molar-refractivity contribution in [3.8, 4) is 0 Å². The van der Waals surface area contributed by atoms with Gasteiger partial charge in [-0.1, -0.05) is 0 Å². The van der Waals surface area contributed by atoms with E-state index in [9.17, 15) is 0 Å². The average Bonchev–Trinajstić information content (AvgIpc) is 1.37. The molecule has 0 bridgehead atoms. The van der Waals surface area contributed by atoms with Crippen LogP contribution in [0.3, 0.4) is 0 Å². The van der Waals surface area contributed by atoms with Crippen molar-refractivity contribution in [1.29, 1.82) is 0 Å². The minimum atomic E-state index is -0.861. The first kappa shape index (κ1) is 9.33. The van der Waals surface area contributed by atoms with E-state index in [1.165, 1.54) is 0 Å². The topological polar surface area (TPSA) is 46.5 Å². The van der Waals surface area contributed by atoms with Crippen LogP contribution in [0.5, 0.6) is 0 Å². The van der Waals surface area contributed by atoms with E-state index in [-0.39, 0.29) is 29.6 Å². The molecule has 27 valence electrons. The molecule has 0 fully saturated rings. The van der Waals surface area contributed by atoms with Crippen molar-refractivity contribution in [1.82, 2.24) is 0 Å². The van der Waals surface area contributed by atoms with Gasteiger partial charge in [0, 0.05) is 0 Å². The first-order chi connectivity index (χ1) is 1.91. The van der Waals surface area contributed by atoms with E-state index in [1.807, 2.05) is 4.19 Å². The summed E-state index contributed by atoms with van der Waals surface area (Å²) in [4.78, 5) is 8.61. The van der Waals surface area contributed by atoms with Gasteiger partial charge in [-0.05, 0) is 0 Å². The van der Waals surface area contributed by atoms with Gasteiger partial charge in [-0.3, -0.25) is 0 Å². The average molecular weight is 126 g/mol. The van der Waals surface area contributed by atoms with E-state index in [1.54, 1.807) is 0 Å². The van der Waals surface area contributed by atoms with E-state index in [0.717, 1.165) is 0 Å². The molecule has 0 amide bonds. The zero-order valence-corrected chi connectivity index (χ0v) is 2.72. The molecule has 0 aromatic carbocycles. The van der Waals surface area contributed by atoms with Gasteiger partial charge in [-0.25, -0.2) is 0 Å². The summed E-state index contributed by atoms with van der Waals surface area (Å²) in [7, 11) is 0. The van der Waals surface area contributed by atoms with Crippen LogP contribution >= 0.6 is 0 Å². The third-order valence-electron chi connectivity index (χ3n) is 0.0264. The van der Waals surface area contributed by atoms with Crippen molar-refractivity contribution in [2.45, 2.75) is 0 Å². The van der Waals surface area contributed by atoms with Crippen molar-refractivity contribution < 1.29 is 18.9 Å². The van der Waals surface area contributed by atoms with Gasteiger partial charge in [-0.2, -0.15) is 0 Å². The molecule has 0 radical (unpaired) electrons. The molecule has 0 heterocycles. The Balaban J connectivity index is 0. The van der Waals surface area contributed by atoms with Gasteiger partial charge in [0.25, 0.3) is 0 Å². The molecule has 0 aliphatic carbocycles. The van der Waals surface area contributed by atoms with E-state index < -0.39 is 15.1 Å². The van der Waals surface area contributed by atoms with Crippen LogP contribution in [-0.2, 0) is 18.9 Å². The second-order valence-corrected chi connectivity index (χ2v) is 0.532. The summed E-state index contributed by atoms with van der Waals surface area (Å²) in [6, 6.07) is 0. The van der Waals surface area contributed by atoms with Crippen molar-refractivity contribution in [2.24, 2.45) is 4.19 Å². The van der Waals surface area contributed by atoms with Crippen molar-refractivity contribution in [3.05, 3.63) is 4.91 Å². The van der Waals surface area contributed by atoms with Gasteiger partial charge in [0.05, 0.1) is 0 Å². The number of nitrogens with zero attached hydrogens (tertiary/aromatic N) is 1. The second-order valence-electron chi connectivity index (χ2n) is 0.129. The van der Waals surface area contributed by atoms with Gasteiger partial charge >= 0.3 is 57.6 Å². The zero-order valence-electron chi connectivity index (χ0n) is 1.62. The molecule has 0 aliphatic heterocycles. The molecule has 0 aromatic heterocycles. The van der Waals surface area contributed by atoms with Crippen LogP contribution in [0.2, 0.25) is 0 Å². The first-order valence-electron chi connectivity index (χ1n) is 0.485. The molecule has 0 aliphatic rings. The number of hydrogen-bond donors (Lipinski definition) is 0. The number of nitroso groups, excluding NO2 is 1. The summed E-state index contributed by atoms with van der Waals surface area (Å²) >= 11 is -0.861. The Bertz CT molecular complexity index is 30.6. The Kier molecular flexibility index (Phi) is 16.5. The maximum absolute atomic E-state index is 8.82. The number of rotatable bonds is 1. The van der Waals surface area contributed by atoms with Crippen LogP contribution < -0.4 is 0 Å². The fourth-order valence-corrected chi connectivity index (χ4v) is 0. The molecule has 0 rings (SSSR count). The Morgan fingerprint density at radius 1 is 1.60 bits per heavy atom. The van der Waals surface area contributed by atoms with E-state index in [2.05, 4.69) is 0 Å². The summed E-state index contributed by atoms with van der Waals surface area (Å²) in [5, 5.41) is 0. The van der Waals surface area contributed by atoms with Crippen LogP contribution in [0.15, 0.2) is 4.19 Å². The van der Waals surface area contributed by atoms with Gasteiger partial charge < -0.3 is 0 Å². The molecule has 0 aromatic rings. The standard InChI is InChI=1S/Fe.NO.Na.O.H/c;1-2;;;/q+1;-1;;;. The predicted octanol–water partition coefficient (Wildman–Crippen LogP) is -0.553. The fraction of sp³-hybridized carbons (Fsp3) is 0. The Morgan fingerprint density at radius 2 is 1.80 bits per heavy atom. The van der Waals surface area contributed by atoms with Gasteiger partial charge in [-0.15, -0.1) is 0 Å². The molecule has 0 atom stereocenters. The van der Waals surface area contributed by atoms with Crippen molar-refractivity contribution >= 4 is 29.6 Å². The molecule has 5 heavy (non-hydrogen) atoms. The molecule has 0 saturated carbocycles. The normalized spacial score (nSPS) is 4.80. The van der Waals surface area contributed by atoms with E-state index >= 15 is 0 Å². The summed E-state index contributed by atoms with van der Waals surface area (Å²) in [6.45, 7) is 0. The second kappa shape index (κ2) is 8.87.